The molecule has 2 aromatic rings. The lowest BCUT2D eigenvalue weighted by Gasteiger charge is -2.47. The van der Waals surface area contributed by atoms with Gasteiger partial charge in [0, 0.05) is 31.2 Å². The smallest absolute Gasteiger partial charge is 0.256 e. The molecule has 0 radical (unpaired) electrons. The van der Waals surface area contributed by atoms with E-state index in [0.29, 0.717) is 10.6 Å². The molecule has 3 rings (SSSR count). The van der Waals surface area contributed by atoms with Crippen LogP contribution < -0.4 is 10.2 Å². The number of rotatable bonds is 5. The number of halogens is 2. The van der Waals surface area contributed by atoms with Gasteiger partial charge in [0.1, 0.15) is 12.1 Å². The fraction of sp³-hybridized carbons (Fsp3) is 0.333. The third-order valence-electron chi connectivity index (χ3n) is 5.05. The first kappa shape index (κ1) is 21.7. The van der Waals surface area contributed by atoms with Gasteiger partial charge < -0.3 is 10.2 Å². The molecule has 1 aliphatic heterocycles. The Morgan fingerprint density at radius 3 is 2.57 bits per heavy atom. The van der Waals surface area contributed by atoms with E-state index in [4.69, 9.17) is 11.6 Å². The molecule has 1 aromatic carbocycles. The highest BCUT2D eigenvalue weighted by Crippen LogP contribution is 2.30. The van der Waals surface area contributed by atoms with Crippen molar-refractivity contribution in [2.24, 2.45) is 0 Å². The van der Waals surface area contributed by atoms with E-state index in [0.717, 1.165) is 10.5 Å². The van der Waals surface area contributed by atoms with Crippen molar-refractivity contribution in [1.29, 1.82) is 0 Å². The summed E-state index contributed by atoms with van der Waals surface area (Å²) >= 11 is 5.93. The zero-order valence-electron chi connectivity index (χ0n) is 16.9. The Balaban J connectivity index is 1.99. The minimum Gasteiger partial charge on any atom is -0.353 e. The van der Waals surface area contributed by atoms with E-state index in [9.17, 15) is 18.8 Å². The summed E-state index contributed by atoms with van der Waals surface area (Å²) in [6.07, 6.45) is 1.43. The molecule has 0 bridgehead atoms. The van der Waals surface area contributed by atoms with Gasteiger partial charge in [0.15, 0.2) is 11.6 Å². The van der Waals surface area contributed by atoms with Crippen molar-refractivity contribution in [1.82, 2.24) is 15.2 Å². The third-order valence-corrected chi connectivity index (χ3v) is 5.30. The summed E-state index contributed by atoms with van der Waals surface area (Å²) in [5.41, 5.74) is -0.0697. The lowest BCUT2D eigenvalue weighted by molar-refractivity contribution is -0.151. The SMILES string of the molecule is CC(=O)NCC1(C)C(=O)N(c2ncc(C)cc2F)CC(=O)N1Cc1ccc(Cl)cc1. The number of aryl methyl sites for hydroxylation is 1. The molecule has 3 amide bonds. The van der Waals surface area contributed by atoms with Crippen LogP contribution in [0.5, 0.6) is 0 Å². The molecule has 1 unspecified atom stereocenters. The third kappa shape index (κ3) is 4.28. The number of nitrogens with zero attached hydrogens (tertiary/aromatic N) is 3. The van der Waals surface area contributed by atoms with Gasteiger partial charge in [-0.15, -0.1) is 0 Å². The van der Waals surface area contributed by atoms with Crippen molar-refractivity contribution in [3.05, 3.63) is 58.5 Å². The first-order valence-corrected chi connectivity index (χ1v) is 9.73. The van der Waals surface area contributed by atoms with E-state index >= 15 is 0 Å². The second-order valence-electron chi connectivity index (χ2n) is 7.50. The van der Waals surface area contributed by atoms with Crippen LogP contribution in [0.1, 0.15) is 25.0 Å². The predicted molar refractivity (Wildman–Crippen MR) is 110 cm³/mol. The van der Waals surface area contributed by atoms with Gasteiger partial charge in [0.2, 0.25) is 11.8 Å². The lowest BCUT2D eigenvalue weighted by atomic mass is 9.93. The van der Waals surface area contributed by atoms with Gasteiger partial charge in [0.05, 0.1) is 0 Å². The number of benzene rings is 1. The highest BCUT2D eigenvalue weighted by Gasteiger charge is 2.50. The van der Waals surface area contributed by atoms with Crippen molar-refractivity contribution in [3.63, 3.8) is 0 Å². The fourth-order valence-electron chi connectivity index (χ4n) is 3.37. The Labute approximate surface area is 178 Å². The van der Waals surface area contributed by atoms with Gasteiger partial charge in [-0.2, -0.15) is 0 Å². The molecule has 0 spiro atoms. The first-order valence-electron chi connectivity index (χ1n) is 9.35. The van der Waals surface area contributed by atoms with Crippen LogP contribution in [-0.2, 0) is 20.9 Å². The zero-order valence-corrected chi connectivity index (χ0v) is 17.7. The summed E-state index contributed by atoms with van der Waals surface area (Å²) in [4.78, 5) is 44.5. The number of pyridine rings is 1. The molecule has 1 saturated heterocycles. The molecular formula is C21H22ClFN4O3. The number of piperazine rings is 1. The molecule has 2 heterocycles. The first-order chi connectivity index (χ1) is 14.1. The molecule has 0 aliphatic carbocycles. The van der Waals surface area contributed by atoms with Crippen LogP contribution in [-0.4, -0.2) is 46.2 Å². The number of nitrogens with one attached hydrogen (secondary N) is 1. The summed E-state index contributed by atoms with van der Waals surface area (Å²) in [5.74, 6) is -2.16. The Kier molecular flexibility index (Phi) is 6.07. The molecule has 7 nitrogen and oxygen atoms in total. The number of aromatic nitrogens is 1. The minimum atomic E-state index is -1.43. The number of carbonyl (C=O) groups excluding carboxylic acids is 3. The standard InChI is InChI=1S/C21H22ClFN4O3/c1-13-8-17(23)19(24-9-13)26-11-18(29)27(10-15-4-6-16(22)7-5-15)21(3,20(26)30)12-25-14(2)28/h4-9H,10-12H2,1-3H3,(H,25,28). The van der Waals surface area contributed by atoms with Crippen molar-refractivity contribution in [3.8, 4) is 0 Å². The van der Waals surface area contributed by atoms with E-state index in [1.807, 2.05) is 0 Å². The number of hydrogen-bond donors (Lipinski definition) is 1. The molecule has 1 N–H and O–H groups in total. The van der Waals surface area contributed by atoms with Gasteiger partial charge in [-0.05, 0) is 43.2 Å². The molecular weight excluding hydrogens is 411 g/mol. The summed E-state index contributed by atoms with van der Waals surface area (Å²) in [6, 6.07) is 8.15. The number of hydrogen-bond acceptors (Lipinski definition) is 4. The Hall–Kier alpha value is -3.00. The van der Waals surface area contributed by atoms with E-state index in [2.05, 4.69) is 10.3 Å². The number of carbonyl (C=O) groups is 3. The molecule has 1 fully saturated rings. The van der Waals surface area contributed by atoms with Gasteiger partial charge in [0.25, 0.3) is 5.91 Å². The normalized spacial score (nSPS) is 19.2. The van der Waals surface area contributed by atoms with Crippen LogP contribution in [0.3, 0.4) is 0 Å². The van der Waals surface area contributed by atoms with Crippen LogP contribution >= 0.6 is 11.6 Å². The van der Waals surface area contributed by atoms with E-state index < -0.39 is 17.3 Å². The van der Waals surface area contributed by atoms with Crippen LogP contribution in [0.4, 0.5) is 10.2 Å². The highest BCUT2D eigenvalue weighted by molar-refractivity contribution is 6.30. The van der Waals surface area contributed by atoms with Crippen LogP contribution in [0, 0.1) is 12.7 Å². The largest absolute Gasteiger partial charge is 0.353 e. The lowest BCUT2D eigenvalue weighted by Crippen LogP contribution is -2.70. The monoisotopic (exact) mass is 432 g/mol. The topological polar surface area (TPSA) is 82.6 Å². The molecule has 1 atom stereocenters. The van der Waals surface area contributed by atoms with E-state index in [-0.39, 0.29) is 37.3 Å². The van der Waals surface area contributed by atoms with Crippen LogP contribution in [0.25, 0.3) is 0 Å². The number of anilines is 1. The molecule has 158 valence electrons. The maximum absolute atomic E-state index is 14.5. The summed E-state index contributed by atoms with van der Waals surface area (Å²) in [5, 5.41) is 3.16. The van der Waals surface area contributed by atoms with Crippen molar-refractivity contribution in [2.45, 2.75) is 32.9 Å². The van der Waals surface area contributed by atoms with Gasteiger partial charge in [-0.25, -0.2) is 9.37 Å². The molecule has 0 saturated carbocycles. The molecule has 9 heteroatoms. The Bertz CT molecular complexity index is 998. The van der Waals surface area contributed by atoms with Gasteiger partial charge in [-0.1, -0.05) is 23.7 Å². The average Bonchev–Trinajstić information content (AvgIpc) is 2.68. The summed E-state index contributed by atoms with van der Waals surface area (Å²) in [6.45, 7) is 4.21. The van der Waals surface area contributed by atoms with E-state index in [1.165, 1.54) is 24.1 Å². The molecule has 1 aliphatic rings. The van der Waals surface area contributed by atoms with E-state index in [1.54, 1.807) is 38.1 Å². The second kappa shape index (κ2) is 8.39. The fourth-order valence-corrected chi connectivity index (χ4v) is 3.50. The quantitative estimate of drug-likeness (QED) is 0.786. The minimum absolute atomic E-state index is 0.121. The van der Waals surface area contributed by atoms with Crippen molar-refractivity contribution in [2.75, 3.05) is 18.0 Å². The van der Waals surface area contributed by atoms with Crippen LogP contribution in [0.2, 0.25) is 5.02 Å². The summed E-state index contributed by atoms with van der Waals surface area (Å²) in [7, 11) is 0. The molecule has 30 heavy (non-hydrogen) atoms. The van der Waals surface area contributed by atoms with Gasteiger partial charge in [-0.3, -0.25) is 19.3 Å². The Morgan fingerprint density at radius 2 is 1.97 bits per heavy atom. The number of amides is 3. The maximum atomic E-state index is 14.5. The zero-order chi connectivity index (χ0) is 22.1. The maximum Gasteiger partial charge on any atom is 0.256 e. The molecule has 1 aromatic heterocycles. The summed E-state index contributed by atoms with van der Waals surface area (Å²) < 4.78 is 14.5. The van der Waals surface area contributed by atoms with Crippen LogP contribution in [0.15, 0.2) is 36.5 Å². The predicted octanol–water partition coefficient (Wildman–Crippen LogP) is 2.45. The van der Waals surface area contributed by atoms with Gasteiger partial charge >= 0.3 is 0 Å². The average molecular weight is 433 g/mol. The highest BCUT2D eigenvalue weighted by atomic mass is 35.5. The van der Waals surface area contributed by atoms with Crippen molar-refractivity contribution < 1.29 is 18.8 Å². The second-order valence-corrected chi connectivity index (χ2v) is 7.94. The van der Waals surface area contributed by atoms with Crippen molar-refractivity contribution >= 4 is 35.1 Å². The Morgan fingerprint density at radius 1 is 1.30 bits per heavy atom.